The van der Waals surface area contributed by atoms with Gasteiger partial charge in [0.25, 0.3) is 0 Å². The molecule has 4 heteroatoms. The Kier molecular flexibility index (Phi) is 5.12. The Morgan fingerprint density at radius 2 is 1.88 bits per heavy atom. The lowest BCUT2D eigenvalue weighted by Gasteiger charge is -2.26. The Labute approximate surface area is 158 Å². The number of fused-ring (bicyclic) bond motifs is 1. The van der Waals surface area contributed by atoms with Gasteiger partial charge in [-0.1, -0.05) is 54.6 Å². The van der Waals surface area contributed by atoms with Crippen molar-refractivity contribution in [2.24, 2.45) is 0 Å². The third-order valence-corrected chi connectivity index (χ3v) is 5.89. The van der Waals surface area contributed by atoms with Crippen LogP contribution in [0.4, 0.5) is 0 Å². The molecule has 0 saturated carbocycles. The molecule has 0 radical (unpaired) electrons. The van der Waals surface area contributed by atoms with Crippen molar-refractivity contribution >= 4 is 34.1 Å². The van der Waals surface area contributed by atoms with Crippen LogP contribution in [0.2, 0.25) is 0 Å². The molecule has 0 fully saturated rings. The number of rotatable bonds is 5. The number of aromatic amines is 1. The molecular formula is C22H22N2OS. The number of thioether (sulfide) groups is 1. The van der Waals surface area contributed by atoms with E-state index in [4.69, 9.17) is 0 Å². The number of carbonyl (C=O) groups is 1. The first-order valence-corrected chi connectivity index (χ1v) is 10.0. The van der Waals surface area contributed by atoms with Gasteiger partial charge in [-0.15, -0.1) is 11.8 Å². The molecule has 1 N–H and O–H groups in total. The monoisotopic (exact) mass is 362 g/mol. The van der Waals surface area contributed by atoms with E-state index >= 15 is 0 Å². The molecule has 1 aliphatic heterocycles. The Hall–Kier alpha value is -2.46. The molecular weight excluding hydrogens is 340 g/mol. The predicted octanol–water partition coefficient (Wildman–Crippen LogP) is 4.97. The molecule has 3 aromatic rings. The summed E-state index contributed by atoms with van der Waals surface area (Å²) in [6.07, 6.45) is 5.75. The predicted molar refractivity (Wildman–Crippen MR) is 109 cm³/mol. The molecule has 0 unspecified atom stereocenters. The van der Waals surface area contributed by atoms with Crippen molar-refractivity contribution in [2.45, 2.75) is 17.7 Å². The molecule has 2 heterocycles. The summed E-state index contributed by atoms with van der Waals surface area (Å²) in [5.41, 5.74) is 3.77. The molecule has 0 atom stereocenters. The largest absolute Gasteiger partial charge is 0.360 e. The standard InChI is InChI=1S/C22H22N2OS/c25-22(12-15-26-21-16-23-20-9-5-4-8-19(20)21)24-13-10-18(11-14-24)17-6-2-1-3-7-17/h1-10,16,23H,11-15H2. The fourth-order valence-electron chi connectivity index (χ4n) is 3.38. The third kappa shape index (κ3) is 3.70. The number of carbonyl (C=O) groups excluding carboxylic acids is 1. The lowest BCUT2D eigenvalue weighted by Crippen LogP contribution is -2.34. The van der Waals surface area contributed by atoms with E-state index in [0.29, 0.717) is 6.42 Å². The summed E-state index contributed by atoms with van der Waals surface area (Å²) in [6, 6.07) is 18.7. The topological polar surface area (TPSA) is 36.1 Å². The lowest BCUT2D eigenvalue weighted by molar-refractivity contribution is -0.130. The van der Waals surface area contributed by atoms with Crippen molar-refractivity contribution in [3.8, 4) is 0 Å². The van der Waals surface area contributed by atoms with Crippen LogP contribution in [-0.4, -0.2) is 34.6 Å². The van der Waals surface area contributed by atoms with E-state index in [-0.39, 0.29) is 5.91 Å². The van der Waals surface area contributed by atoms with Gasteiger partial charge in [0.05, 0.1) is 0 Å². The fraction of sp³-hybridized carbons (Fsp3) is 0.227. The van der Waals surface area contributed by atoms with E-state index in [9.17, 15) is 4.79 Å². The molecule has 0 saturated heterocycles. The number of nitrogens with one attached hydrogen (secondary N) is 1. The quantitative estimate of drug-likeness (QED) is 0.651. The van der Waals surface area contributed by atoms with Crippen molar-refractivity contribution in [1.82, 2.24) is 9.88 Å². The van der Waals surface area contributed by atoms with Gasteiger partial charge in [0.1, 0.15) is 0 Å². The van der Waals surface area contributed by atoms with Gasteiger partial charge < -0.3 is 9.88 Å². The highest BCUT2D eigenvalue weighted by atomic mass is 32.2. The summed E-state index contributed by atoms with van der Waals surface area (Å²) in [4.78, 5) is 19.0. The average molecular weight is 362 g/mol. The maximum atomic E-state index is 12.5. The summed E-state index contributed by atoms with van der Waals surface area (Å²) in [5.74, 6) is 1.06. The second-order valence-electron chi connectivity index (χ2n) is 6.48. The van der Waals surface area contributed by atoms with Crippen molar-refractivity contribution in [2.75, 3.05) is 18.8 Å². The first-order chi connectivity index (χ1) is 12.8. The van der Waals surface area contributed by atoms with Gasteiger partial charge in [0, 0.05) is 47.3 Å². The van der Waals surface area contributed by atoms with Crippen molar-refractivity contribution < 1.29 is 4.79 Å². The zero-order valence-electron chi connectivity index (χ0n) is 14.7. The average Bonchev–Trinajstić information content (AvgIpc) is 3.12. The van der Waals surface area contributed by atoms with Gasteiger partial charge in [0.2, 0.25) is 5.91 Å². The normalized spacial score (nSPS) is 14.5. The van der Waals surface area contributed by atoms with Crippen molar-refractivity contribution in [1.29, 1.82) is 0 Å². The maximum absolute atomic E-state index is 12.5. The molecule has 2 aromatic carbocycles. The van der Waals surface area contributed by atoms with Crippen LogP contribution in [0.1, 0.15) is 18.4 Å². The summed E-state index contributed by atoms with van der Waals surface area (Å²) in [7, 11) is 0. The summed E-state index contributed by atoms with van der Waals surface area (Å²) < 4.78 is 0. The highest BCUT2D eigenvalue weighted by Gasteiger charge is 2.17. The number of aromatic nitrogens is 1. The number of benzene rings is 2. The number of amides is 1. The minimum absolute atomic E-state index is 0.251. The third-order valence-electron chi connectivity index (χ3n) is 4.83. The first kappa shape index (κ1) is 17.0. The highest BCUT2D eigenvalue weighted by Crippen LogP contribution is 2.28. The first-order valence-electron chi connectivity index (χ1n) is 9.02. The van der Waals surface area contributed by atoms with Gasteiger partial charge >= 0.3 is 0 Å². The molecule has 1 aliphatic rings. The molecule has 4 rings (SSSR count). The SMILES string of the molecule is O=C(CCSc1c[nH]c2ccccc12)N1CC=C(c2ccccc2)CC1. The number of nitrogens with zero attached hydrogens (tertiary/aromatic N) is 1. The van der Waals surface area contributed by atoms with Gasteiger partial charge in [-0.3, -0.25) is 4.79 Å². The zero-order chi connectivity index (χ0) is 17.8. The second kappa shape index (κ2) is 7.83. The van der Waals surface area contributed by atoms with E-state index in [1.807, 2.05) is 23.2 Å². The van der Waals surface area contributed by atoms with Gasteiger partial charge in [-0.25, -0.2) is 0 Å². The maximum Gasteiger partial charge on any atom is 0.223 e. The summed E-state index contributed by atoms with van der Waals surface area (Å²) in [5, 5.41) is 1.23. The molecule has 0 spiro atoms. The Balaban J connectivity index is 1.30. The molecule has 1 aromatic heterocycles. The van der Waals surface area contributed by atoms with E-state index in [1.54, 1.807) is 11.8 Å². The molecule has 1 amide bonds. The summed E-state index contributed by atoms with van der Waals surface area (Å²) in [6.45, 7) is 1.54. The van der Waals surface area contributed by atoms with Crippen LogP contribution in [0, 0.1) is 0 Å². The van der Waals surface area contributed by atoms with Crippen LogP contribution >= 0.6 is 11.8 Å². The second-order valence-corrected chi connectivity index (χ2v) is 7.62. The number of para-hydroxylation sites is 1. The summed E-state index contributed by atoms with van der Waals surface area (Å²) >= 11 is 1.75. The minimum atomic E-state index is 0.251. The van der Waals surface area contributed by atoms with E-state index in [0.717, 1.165) is 30.8 Å². The molecule has 0 bridgehead atoms. The van der Waals surface area contributed by atoms with Crippen LogP contribution in [0.3, 0.4) is 0 Å². The Bertz CT molecular complexity index is 929. The van der Waals surface area contributed by atoms with Crippen LogP contribution in [0.5, 0.6) is 0 Å². The van der Waals surface area contributed by atoms with E-state index in [1.165, 1.54) is 21.4 Å². The minimum Gasteiger partial charge on any atom is -0.360 e. The molecule has 26 heavy (non-hydrogen) atoms. The van der Waals surface area contributed by atoms with Crippen LogP contribution < -0.4 is 0 Å². The molecule has 0 aliphatic carbocycles. The van der Waals surface area contributed by atoms with Crippen molar-refractivity contribution in [3.63, 3.8) is 0 Å². The van der Waals surface area contributed by atoms with Gasteiger partial charge in [0.15, 0.2) is 0 Å². The van der Waals surface area contributed by atoms with Gasteiger partial charge in [-0.2, -0.15) is 0 Å². The molecule has 132 valence electrons. The fourth-order valence-corrected chi connectivity index (χ4v) is 4.35. The Morgan fingerprint density at radius 3 is 2.69 bits per heavy atom. The zero-order valence-corrected chi connectivity index (χ0v) is 15.5. The Morgan fingerprint density at radius 1 is 1.08 bits per heavy atom. The lowest BCUT2D eigenvalue weighted by atomic mass is 9.99. The van der Waals surface area contributed by atoms with E-state index in [2.05, 4.69) is 53.5 Å². The number of hydrogen-bond donors (Lipinski definition) is 1. The smallest absolute Gasteiger partial charge is 0.223 e. The van der Waals surface area contributed by atoms with Gasteiger partial charge in [-0.05, 0) is 23.6 Å². The van der Waals surface area contributed by atoms with Crippen LogP contribution in [0.15, 0.2) is 71.8 Å². The number of hydrogen-bond acceptors (Lipinski definition) is 2. The van der Waals surface area contributed by atoms with Crippen molar-refractivity contribution in [3.05, 3.63) is 72.4 Å². The highest BCUT2D eigenvalue weighted by molar-refractivity contribution is 7.99. The van der Waals surface area contributed by atoms with E-state index < -0.39 is 0 Å². The van der Waals surface area contributed by atoms with Crippen LogP contribution in [0.25, 0.3) is 16.5 Å². The number of H-pyrrole nitrogens is 1. The molecule has 3 nitrogen and oxygen atoms in total. The van der Waals surface area contributed by atoms with Crippen LogP contribution in [-0.2, 0) is 4.79 Å².